The van der Waals surface area contributed by atoms with Gasteiger partial charge in [-0.15, -0.1) is 0 Å². The Hall–Kier alpha value is -3.12. The SMILES string of the molecule is O=C(COC(=O)C1(c2ccc(F)cc2)CCCC1)N1c2ccccc2Sc2ccccc21. The van der Waals surface area contributed by atoms with Gasteiger partial charge in [-0.1, -0.05) is 61.0 Å². The van der Waals surface area contributed by atoms with E-state index in [0.717, 1.165) is 39.6 Å². The number of halogens is 1. The quantitative estimate of drug-likeness (QED) is 0.460. The summed E-state index contributed by atoms with van der Waals surface area (Å²) in [5.74, 6) is -1.06. The predicted molar refractivity (Wildman–Crippen MR) is 122 cm³/mol. The fraction of sp³-hybridized carbons (Fsp3) is 0.231. The maximum absolute atomic E-state index is 13.4. The van der Waals surface area contributed by atoms with E-state index in [-0.39, 0.29) is 18.3 Å². The zero-order valence-corrected chi connectivity index (χ0v) is 18.2. The maximum Gasteiger partial charge on any atom is 0.317 e. The molecule has 0 spiro atoms. The van der Waals surface area contributed by atoms with Gasteiger partial charge in [0.15, 0.2) is 6.61 Å². The van der Waals surface area contributed by atoms with Gasteiger partial charge >= 0.3 is 5.97 Å². The van der Waals surface area contributed by atoms with Crippen molar-refractivity contribution < 1.29 is 18.7 Å². The molecule has 1 heterocycles. The number of esters is 1. The Labute approximate surface area is 190 Å². The fourth-order valence-corrected chi connectivity index (χ4v) is 5.72. The molecule has 1 aliphatic carbocycles. The van der Waals surface area contributed by atoms with Crippen molar-refractivity contribution in [3.8, 4) is 0 Å². The summed E-state index contributed by atoms with van der Waals surface area (Å²) in [6.45, 7) is -0.352. The summed E-state index contributed by atoms with van der Waals surface area (Å²) < 4.78 is 19.1. The van der Waals surface area contributed by atoms with E-state index in [1.807, 2.05) is 48.5 Å². The Kier molecular flexibility index (Phi) is 5.47. The minimum atomic E-state index is -0.818. The first-order valence-electron chi connectivity index (χ1n) is 10.7. The number of nitrogens with zero attached hydrogens (tertiary/aromatic N) is 1. The molecule has 3 aromatic rings. The number of carbonyl (C=O) groups is 2. The predicted octanol–water partition coefficient (Wildman–Crippen LogP) is 6.01. The highest BCUT2D eigenvalue weighted by Crippen LogP contribution is 2.48. The van der Waals surface area contributed by atoms with Gasteiger partial charge in [-0.3, -0.25) is 14.5 Å². The highest BCUT2D eigenvalue weighted by molar-refractivity contribution is 7.99. The molecule has 32 heavy (non-hydrogen) atoms. The van der Waals surface area contributed by atoms with E-state index in [1.54, 1.807) is 28.8 Å². The molecule has 0 bridgehead atoms. The number of ether oxygens (including phenoxy) is 1. The van der Waals surface area contributed by atoms with Crippen molar-refractivity contribution in [1.82, 2.24) is 0 Å². The second-order valence-electron chi connectivity index (χ2n) is 8.14. The van der Waals surface area contributed by atoms with Crippen LogP contribution in [0.15, 0.2) is 82.6 Å². The number of anilines is 2. The van der Waals surface area contributed by atoms with E-state index >= 15 is 0 Å². The molecule has 2 aliphatic rings. The molecule has 0 N–H and O–H groups in total. The van der Waals surface area contributed by atoms with Crippen LogP contribution >= 0.6 is 11.8 Å². The number of para-hydroxylation sites is 2. The number of amides is 1. The summed E-state index contributed by atoms with van der Waals surface area (Å²) in [4.78, 5) is 30.1. The third-order valence-electron chi connectivity index (χ3n) is 6.25. The third kappa shape index (κ3) is 3.58. The Morgan fingerprint density at radius 2 is 1.44 bits per heavy atom. The molecule has 1 fully saturated rings. The van der Waals surface area contributed by atoms with E-state index in [1.165, 1.54) is 12.1 Å². The van der Waals surface area contributed by atoms with Gasteiger partial charge < -0.3 is 4.74 Å². The molecule has 0 radical (unpaired) electrons. The highest BCUT2D eigenvalue weighted by atomic mass is 32.2. The van der Waals surface area contributed by atoms with Crippen molar-refractivity contribution in [2.45, 2.75) is 40.9 Å². The first kappa shape index (κ1) is 20.8. The van der Waals surface area contributed by atoms with E-state index in [2.05, 4.69) is 0 Å². The van der Waals surface area contributed by atoms with Crippen molar-refractivity contribution in [3.05, 3.63) is 84.2 Å². The molecule has 162 valence electrons. The van der Waals surface area contributed by atoms with Crippen LogP contribution in [0, 0.1) is 5.82 Å². The van der Waals surface area contributed by atoms with E-state index in [9.17, 15) is 14.0 Å². The van der Waals surface area contributed by atoms with Gasteiger partial charge in [-0.25, -0.2) is 4.39 Å². The van der Waals surface area contributed by atoms with Gasteiger partial charge in [0.25, 0.3) is 5.91 Å². The van der Waals surface area contributed by atoms with Crippen LogP contribution in [0.1, 0.15) is 31.2 Å². The van der Waals surface area contributed by atoms with E-state index < -0.39 is 11.4 Å². The summed E-state index contributed by atoms with van der Waals surface area (Å²) in [5.41, 5.74) is 1.50. The summed E-state index contributed by atoms with van der Waals surface area (Å²) in [6, 6.07) is 21.4. The molecule has 1 saturated carbocycles. The third-order valence-corrected chi connectivity index (χ3v) is 7.38. The number of carbonyl (C=O) groups excluding carboxylic acids is 2. The molecule has 0 unspecified atom stereocenters. The summed E-state index contributed by atoms with van der Waals surface area (Å²) in [7, 11) is 0. The molecular weight excluding hydrogens is 425 g/mol. The lowest BCUT2D eigenvalue weighted by Crippen LogP contribution is -2.38. The van der Waals surface area contributed by atoms with Crippen LogP contribution in [0.25, 0.3) is 0 Å². The molecule has 3 aromatic carbocycles. The second kappa shape index (κ2) is 8.43. The molecule has 1 amide bonds. The Morgan fingerprint density at radius 3 is 2.03 bits per heavy atom. The van der Waals surface area contributed by atoms with Gasteiger partial charge in [0.1, 0.15) is 5.82 Å². The minimum absolute atomic E-state index is 0.300. The summed E-state index contributed by atoms with van der Waals surface area (Å²) in [6.07, 6.45) is 3.06. The van der Waals surface area contributed by atoms with Crippen LogP contribution in [0.2, 0.25) is 0 Å². The van der Waals surface area contributed by atoms with Crippen molar-refractivity contribution in [3.63, 3.8) is 0 Å². The molecule has 1 aliphatic heterocycles. The lowest BCUT2D eigenvalue weighted by molar-refractivity contribution is -0.153. The average Bonchev–Trinajstić information content (AvgIpc) is 3.32. The normalized spacial score (nSPS) is 16.2. The van der Waals surface area contributed by atoms with Crippen molar-refractivity contribution in [1.29, 1.82) is 0 Å². The molecule has 6 heteroatoms. The standard InChI is InChI=1S/C26H22FNO3S/c27-19-13-11-18(12-14-19)26(15-5-6-16-26)25(30)31-17-24(29)28-20-7-1-3-9-22(20)32-23-10-4-2-8-21(23)28/h1-4,7-14H,5-6,15-17H2. The molecule has 5 rings (SSSR count). The molecule has 0 atom stereocenters. The molecule has 4 nitrogen and oxygen atoms in total. The Balaban J connectivity index is 1.39. The van der Waals surface area contributed by atoms with Crippen molar-refractivity contribution in [2.75, 3.05) is 11.5 Å². The van der Waals surface area contributed by atoms with Gasteiger partial charge in [-0.2, -0.15) is 0 Å². The fourth-order valence-electron chi connectivity index (χ4n) is 4.66. The lowest BCUT2D eigenvalue weighted by Gasteiger charge is -2.31. The maximum atomic E-state index is 13.4. The van der Waals surface area contributed by atoms with Crippen LogP contribution in [0.4, 0.5) is 15.8 Å². The average molecular weight is 448 g/mol. The second-order valence-corrected chi connectivity index (χ2v) is 9.22. The van der Waals surface area contributed by atoms with Crippen LogP contribution < -0.4 is 4.90 Å². The number of rotatable bonds is 4. The smallest absolute Gasteiger partial charge is 0.317 e. The largest absolute Gasteiger partial charge is 0.455 e. The topological polar surface area (TPSA) is 46.6 Å². The number of hydrogen-bond acceptors (Lipinski definition) is 4. The van der Waals surface area contributed by atoms with Gasteiger partial charge in [0.05, 0.1) is 16.8 Å². The zero-order valence-electron chi connectivity index (χ0n) is 17.4. The summed E-state index contributed by atoms with van der Waals surface area (Å²) >= 11 is 1.61. The van der Waals surface area contributed by atoms with E-state index in [4.69, 9.17) is 4.74 Å². The Morgan fingerprint density at radius 1 is 0.875 bits per heavy atom. The highest BCUT2D eigenvalue weighted by Gasteiger charge is 2.44. The monoisotopic (exact) mass is 447 g/mol. The first-order chi connectivity index (χ1) is 15.6. The minimum Gasteiger partial charge on any atom is -0.455 e. The zero-order chi connectivity index (χ0) is 22.1. The molecule has 0 saturated heterocycles. The van der Waals surface area contributed by atoms with Crippen molar-refractivity contribution in [2.24, 2.45) is 0 Å². The number of hydrogen-bond donors (Lipinski definition) is 0. The van der Waals surface area contributed by atoms with Crippen LogP contribution in [0.5, 0.6) is 0 Å². The molecule has 0 aromatic heterocycles. The van der Waals surface area contributed by atoms with E-state index in [0.29, 0.717) is 12.8 Å². The van der Waals surface area contributed by atoms with Crippen LogP contribution in [-0.4, -0.2) is 18.5 Å². The van der Waals surface area contributed by atoms with Gasteiger partial charge in [0.2, 0.25) is 0 Å². The lowest BCUT2D eigenvalue weighted by atomic mass is 9.79. The first-order valence-corrected chi connectivity index (χ1v) is 11.5. The number of fused-ring (bicyclic) bond motifs is 2. The van der Waals surface area contributed by atoms with Crippen LogP contribution in [-0.2, 0) is 19.7 Å². The summed E-state index contributed by atoms with van der Waals surface area (Å²) in [5, 5.41) is 0. The number of benzene rings is 3. The van der Waals surface area contributed by atoms with Gasteiger partial charge in [0, 0.05) is 9.79 Å². The van der Waals surface area contributed by atoms with Gasteiger partial charge in [-0.05, 0) is 54.8 Å². The molecular formula is C26H22FNO3S. The van der Waals surface area contributed by atoms with Crippen LogP contribution in [0.3, 0.4) is 0 Å². The Bertz CT molecular complexity index is 1130. The van der Waals surface area contributed by atoms with Crippen molar-refractivity contribution >= 4 is 35.0 Å².